The highest BCUT2D eigenvalue weighted by molar-refractivity contribution is 5.56. The van der Waals surface area contributed by atoms with Crippen molar-refractivity contribution in [2.75, 3.05) is 27.3 Å². The van der Waals surface area contributed by atoms with Crippen molar-refractivity contribution in [3.63, 3.8) is 0 Å². The Kier molecular flexibility index (Phi) is 3.19. The van der Waals surface area contributed by atoms with Gasteiger partial charge in [-0.1, -0.05) is 6.07 Å². The summed E-state index contributed by atoms with van der Waals surface area (Å²) in [5.41, 5.74) is 0.933. The third-order valence-electron chi connectivity index (χ3n) is 3.05. The van der Waals surface area contributed by atoms with Gasteiger partial charge in [0.25, 0.3) is 0 Å². The van der Waals surface area contributed by atoms with E-state index in [0.717, 1.165) is 25.1 Å². The van der Waals surface area contributed by atoms with Crippen molar-refractivity contribution in [2.24, 2.45) is 0 Å². The van der Waals surface area contributed by atoms with E-state index in [9.17, 15) is 5.11 Å². The van der Waals surface area contributed by atoms with E-state index in [2.05, 4.69) is 5.32 Å². The molecule has 1 fully saturated rings. The van der Waals surface area contributed by atoms with E-state index in [0.29, 0.717) is 17.4 Å². The van der Waals surface area contributed by atoms with Crippen LogP contribution < -0.4 is 14.8 Å². The molecule has 1 aromatic carbocycles. The lowest BCUT2D eigenvalue weighted by atomic mass is 9.97. The van der Waals surface area contributed by atoms with Crippen LogP contribution in [0.2, 0.25) is 0 Å². The molecule has 4 heteroatoms. The number of rotatable bonds is 3. The number of hydrogen-bond acceptors (Lipinski definition) is 4. The monoisotopic (exact) mass is 223 g/mol. The Balaban J connectivity index is 2.39. The fourth-order valence-electron chi connectivity index (χ4n) is 2.18. The summed E-state index contributed by atoms with van der Waals surface area (Å²) in [6.07, 6.45) is 1.04. The SMILES string of the molecule is COc1ccc(C2CCNC2)c(O)c1OC. The summed E-state index contributed by atoms with van der Waals surface area (Å²) >= 11 is 0. The van der Waals surface area contributed by atoms with Crippen molar-refractivity contribution in [2.45, 2.75) is 12.3 Å². The average Bonchev–Trinajstić information content (AvgIpc) is 2.81. The molecule has 2 N–H and O–H groups in total. The van der Waals surface area contributed by atoms with Crippen molar-refractivity contribution in [3.8, 4) is 17.2 Å². The second-order valence-electron chi connectivity index (χ2n) is 3.93. The number of nitrogens with one attached hydrogen (secondary N) is 1. The van der Waals surface area contributed by atoms with Crippen LogP contribution in [0.3, 0.4) is 0 Å². The summed E-state index contributed by atoms with van der Waals surface area (Å²) in [5, 5.41) is 13.4. The molecule has 0 amide bonds. The molecule has 2 rings (SSSR count). The van der Waals surface area contributed by atoms with E-state index in [4.69, 9.17) is 9.47 Å². The first-order valence-electron chi connectivity index (χ1n) is 5.42. The summed E-state index contributed by atoms with van der Waals surface area (Å²) in [5.74, 6) is 1.55. The van der Waals surface area contributed by atoms with Crippen LogP contribution in [-0.4, -0.2) is 32.4 Å². The fraction of sp³-hybridized carbons (Fsp3) is 0.500. The highest BCUT2D eigenvalue weighted by atomic mass is 16.5. The van der Waals surface area contributed by atoms with Gasteiger partial charge >= 0.3 is 0 Å². The van der Waals surface area contributed by atoms with Crippen molar-refractivity contribution in [1.29, 1.82) is 0 Å². The highest BCUT2D eigenvalue weighted by Gasteiger charge is 2.23. The van der Waals surface area contributed by atoms with Crippen LogP contribution in [0.25, 0.3) is 0 Å². The molecule has 1 saturated heterocycles. The maximum atomic E-state index is 10.1. The van der Waals surface area contributed by atoms with Crippen molar-refractivity contribution in [3.05, 3.63) is 17.7 Å². The second-order valence-corrected chi connectivity index (χ2v) is 3.93. The smallest absolute Gasteiger partial charge is 0.203 e. The van der Waals surface area contributed by atoms with E-state index in [1.54, 1.807) is 7.11 Å². The van der Waals surface area contributed by atoms with Crippen LogP contribution in [0.15, 0.2) is 12.1 Å². The summed E-state index contributed by atoms with van der Waals surface area (Å²) in [4.78, 5) is 0. The van der Waals surface area contributed by atoms with Crippen molar-refractivity contribution < 1.29 is 14.6 Å². The lowest BCUT2D eigenvalue weighted by Gasteiger charge is -2.16. The van der Waals surface area contributed by atoms with E-state index in [1.165, 1.54) is 7.11 Å². The number of methoxy groups -OCH3 is 2. The topological polar surface area (TPSA) is 50.7 Å². The molecule has 16 heavy (non-hydrogen) atoms. The van der Waals surface area contributed by atoms with E-state index >= 15 is 0 Å². The summed E-state index contributed by atoms with van der Waals surface area (Å²) in [6, 6.07) is 3.75. The molecule has 0 aromatic heterocycles. The minimum absolute atomic E-state index is 0.204. The summed E-state index contributed by atoms with van der Waals surface area (Å²) in [7, 11) is 3.10. The second kappa shape index (κ2) is 4.61. The van der Waals surface area contributed by atoms with E-state index < -0.39 is 0 Å². The van der Waals surface area contributed by atoms with Crippen LogP contribution >= 0.6 is 0 Å². The molecule has 0 radical (unpaired) electrons. The van der Waals surface area contributed by atoms with Gasteiger partial charge in [-0.15, -0.1) is 0 Å². The third kappa shape index (κ3) is 1.80. The Bertz CT molecular complexity index is 373. The first-order valence-corrected chi connectivity index (χ1v) is 5.42. The van der Waals surface area contributed by atoms with Gasteiger partial charge in [0.1, 0.15) is 0 Å². The zero-order valence-electron chi connectivity index (χ0n) is 9.62. The molecule has 1 aliphatic rings. The Labute approximate surface area is 95.2 Å². The molecule has 1 unspecified atom stereocenters. The zero-order valence-corrected chi connectivity index (χ0v) is 9.62. The van der Waals surface area contributed by atoms with Crippen molar-refractivity contribution in [1.82, 2.24) is 5.32 Å². The minimum atomic E-state index is 0.204. The Morgan fingerprint density at radius 1 is 1.31 bits per heavy atom. The van der Waals surface area contributed by atoms with Gasteiger partial charge in [0, 0.05) is 18.0 Å². The van der Waals surface area contributed by atoms with Gasteiger partial charge < -0.3 is 19.9 Å². The largest absolute Gasteiger partial charge is 0.504 e. The molecule has 0 spiro atoms. The number of phenols is 1. The molecule has 1 aromatic rings. The number of phenolic OH excluding ortho intramolecular Hbond substituents is 1. The number of benzene rings is 1. The van der Waals surface area contributed by atoms with Crippen molar-refractivity contribution >= 4 is 0 Å². The first kappa shape index (κ1) is 11.1. The quantitative estimate of drug-likeness (QED) is 0.815. The van der Waals surface area contributed by atoms with Crippen LogP contribution in [0.5, 0.6) is 17.2 Å². The standard InChI is InChI=1S/C12H17NO3/c1-15-10-4-3-9(8-5-6-13-7-8)11(14)12(10)16-2/h3-4,8,13-14H,5-7H2,1-2H3. The van der Waals surface area contributed by atoms with Crippen LogP contribution in [0, 0.1) is 0 Å². The predicted molar refractivity (Wildman–Crippen MR) is 61.4 cm³/mol. The maximum absolute atomic E-state index is 10.1. The Hall–Kier alpha value is -1.42. The summed E-state index contributed by atoms with van der Waals surface area (Å²) in [6.45, 7) is 1.90. The van der Waals surface area contributed by atoms with Gasteiger partial charge in [0.15, 0.2) is 11.5 Å². The number of aromatic hydroxyl groups is 1. The molecular formula is C12H17NO3. The lowest BCUT2D eigenvalue weighted by molar-refractivity contribution is 0.330. The molecular weight excluding hydrogens is 206 g/mol. The first-order chi connectivity index (χ1) is 7.77. The average molecular weight is 223 g/mol. The normalized spacial score (nSPS) is 19.8. The van der Waals surface area contributed by atoms with Gasteiger partial charge in [-0.2, -0.15) is 0 Å². The zero-order chi connectivity index (χ0) is 11.5. The molecule has 0 saturated carbocycles. The maximum Gasteiger partial charge on any atom is 0.203 e. The predicted octanol–water partition coefficient (Wildman–Crippen LogP) is 1.49. The Morgan fingerprint density at radius 2 is 2.12 bits per heavy atom. The fourth-order valence-corrected chi connectivity index (χ4v) is 2.18. The number of hydrogen-bond donors (Lipinski definition) is 2. The lowest BCUT2D eigenvalue weighted by Crippen LogP contribution is -2.08. The van der Waals surface area contributed by atoms with Gasteiger partial charge in [-0.25, -0.2) is 0 Å². The van der Waals surface area contributed by atoms with E-state index in [-0.39, 0.29) is 5.75 Å². The Morgan fingerprint density at radius 3 is 2.69 bits per heavy atom. The molecule has 4 nitrogen and oxygen atoms in total. The number of ether oxygens (including phenoxy) is 2. The van der Waals surface area contributed by atoms with Crippen LogP contribution in [0.4, 0.5) is 0 Å². The molecule has 1 atom stereocenters. The van der Waals surface area contributed by atoms with Gasteiger partial charge in [0.2, 0.25) is 5.75 Å². The van der Waals surface area contributed by atoms with Gasteiger partial charge in [0.05, 0.1) is 14.2 Å². The molecule has 1 heterocycles. The van der Waals surface area contributed by atoms with Gasteiger partial charge in [-0.3, -0.25) is 0 Å². The third-order valence-corrected chi connectivity index (χ3v) is 3.05. The molecule has 1 aliphatic heterocycles. The van der Waals surface area contributed by atoms with Crippen LogP contribution in [-0.2, 0) is 0 Å². The van der Waals surface area contributed by atoms with E-state index in [1.807, 2.05) is 12.1 Å². The minimum Gasteiger partial charge on any atom is -0.504 e. The highest BCUT2D eigenvalue weighted by Crippen LogP contribution is 2.42. The summed E-state index contributed by atoms with van der Waals surface area (Å²) < 4.78 is 10.3. The van der Waals surface area contributed by atoms with Crippen LogP contribution in [0.1, 0.15) is 17.9 Å². The molecule has 0 aliphatic carbocycles. The molecule has 0 bridgehead atoms. The molecule has 88 valence electrons. The van der Waals surface area contributed by atoms with Gasteiger partial charge in [-0.05, 0) is 19.0 Å².